The lowest BCUT2D eigenvalue weighted by Gasteiger charge is -2.39. The molecular weight excluding hydrogens is 708 g/mol. The normalized spacial score (nSPS) is 16.6. The van der Waals surface area contributed by atoms with Gasteiger partial charge in [0, 0.05) is 86.6 Å². The quantitative estimate of drug-likeness (QED) is 0.0700. The molecule has 13 nitrogen and oxygen atoms in total. The molecule has 0 spiro atoms. The van der Waals surface area contributed by atoms with Crippen LogP contribution in [0.4, 0.5) is 21.9 Å². The van der Waals surface area contributed by atoms with Gasteiger partial charge in [0.2, 0.25) is 11.8 Å². The monoisotopic (exact) mass is 758 g/mol. The van der Waals surface area contributed by atoms with Crippen LogP contribution in [0, 0.1) is 5.92 Å². The summed E-state index contributed by atoms with van der Waals surface area (Å²) in [5.41, 5.74) is 6.18. The number of rotatable bonds is 11. The standard InChI is InChI=1S/C31H34ClN7O3.C7H11NO2.C2H6/c1-21(41)29-23(20-40)6-3-7-26(29)34-12-13-38-14-16-39(17-15-38)30(22-4-2-5-22)27-18-24(8-10-33-27)36-31(42)37-25-9-11-35-28(32)19-25;1-2-5-3-4-6(9)8-7(5)10;1-2/h3,6-11,18-20,34H,2,4-5,12-17H2,1H3,(H2,33,35,36,37,42);5H,2-4H2,1H3,(H,8,9,10);1-2H3. The van der Waals surface area contributed by atoms with Crippen LogP contribution in [0.2, 0.25) is 5.15 Å². The zero-order valence-electron chi connectivity index (χ0n) is 31.5. The number of anilines is 3. The van der Waals surface area contributed by atoms with E-state index < -0.39 is 0 Å². The molecule has 2 aromatic heterocycles. The fourth-order valence-corrected chi connectivity index (χ4v) is 6.62. The van der Waals surface area contributed by atoms with Crippen LogP contribution >= 0.6 is 11.6 Å². The fourth-order valence-electron chi connectivity index (χ4n) is 6.45. The Labute approximate surface area is 322 Å². The van der Waals surface area contributed by atoms with Crippen molar-refractivity contribution >= 4 is 64.3 Å². The highest BCUT2D eigenvalue weighted by Crippen LogP contribution is 2.36. The third-order valence-corrected chi connectivity index (χ3v) is 9.60. The minimum absolute atomic E-state index is 0.0673. The van der Waals surface area contributed by atoms with Crippen molar-refractivity contribution in [2.45, 2.75) is 66.2 Å². The van der Waals surface area contributed by atoms with Crippen molar-refractivity contribution in [3.05, 3.63) is 82.4 Å². The first-order valence-electron chi connectivity index (χ1n) is 18.7. The number of nitrogens with zero attached hydrogens (tertiary/aromatic N) is 4. The van der Waals surface area contributed by atoms with Crippen molar-refractivity contribution in [2.75, 3.05) is 55.2 Å². The van der Waals surface area contributed by atoms with E-state index in [1.54, 1.807) is 36.5 Å². The SMILES string of the molecule is CC.CC(=O)c1c(C=O)cccc1NCCN1CCN(C(=C2CCC2)c2cc(NC(=O)Nc3ccnc(Cl)c3)ccn2)CC1.CCC1CCC(=O)NC1=O. The molecule has 2 saturated heterocycles. The predicted molar refractivity (Wildman–Crippen MR) is 213 cm³/mol. The number of aromatic nitrogens is 2. The molecule has 1 unspecified atom stereocenters. The van der Waals surface area contributed by atoms with E-state index >= 15 is 0 Å². The Hall–Kier alpha value is -5.14. The van der Waals surface area contributed by atoms with Crippen LogP contribution in [-0.2, 0) is 9.59 Å². The number of Topliss-reactive ketones (excluding diaryl/α,β-unsaturated/α-hetero) is 1. The van der Waals surface area contributed by atoms with Gasteiger partial charge in [-0.15, -0.1) is 0 Å². The molecule has 288 valence electrons. The average Bonchev–Trinajstić information content (AvgIpc) is 3.14. The highest BCUT2D eigenvalue weighted by atomic mass is 35.5. The number of aldehydes is 1. The van der Waals surface area contributed by atoms with Crippen molar-refractivity contribution in [2.24, 2.45) is 5.92 Å². The molecule has 1 aromatic carbocycles. The number of amides is 4. The van der Waals surface area contributed by atoms with Crippen LogP contribution in [0.3, 0.4) is 0 Å². The number of piperazine rings is 1. The molecule has 3 fully saturated rings. The lowest BCUT2D eigenvalue weighted by atomic mass is 9.88. The van der Waals surface area contributed by atoms with Crippen LogP contribution < -0.4 is 21.3 Å². The first-order chi connectivity index (χ1) is 26.1. The number of nitrogens with one attached hydrogen (secondary N) is 4. The maximum Gasteiger partial charge on any atom is 0.323 e. The van der Waals surface area contributed by atoms with Crippen molar-refractivity contribution < 1.29 is 24.0 Å². The van der Waals surface area contributed by atoms with Gasteiger partial charge < -0.3 is 20.9 Å². The van der Waals surface area contributed by atoms with Gasteiger partial charge in [-0.05, 0) is 74.9 Å². The summed E-state index contributed by atoms with van der Waals surface area (Å²) >= 11 is 5.92. The lowest BCUT2D eigenvalue weighted by molar-refractivity contribution is -0.136. The second-order valence-corrected chi connectivity index (χ2v) is 13.3. The molecule has 1 atom stereocenters. The van der Waals surface area contributed by atoms with Crippen molar-refractivity contribution in [3.8, 4) is 0 Å². The molecule has 1 saturated carbocycles. The van der Waals surface area contributed by atoms with Gasteiger partial charge in [0.25, 0.3) is 0 Å². The number of pyridine rings is 2. The van der Waals surface area contributed by atoms with Crippen LogP contribution in [0.1, 0.15) is 92.6 Å². The molecule has 0 radical (unpaired) electrons. The molecule has 14 heteroatoms. The number of benzene rings is 1. The van der Waals surface area contributed by atoms with Gasteiger partial charge in [0.15, 0.2) is 12.1 Å². The predicted octanol–water partition coefficient (Wildman–Crippen LogP) is 6.89. The smallest absolute Gasteiger partial charge is 0.323 e. The number of carbonyl (C=O) groups excluding carboxylic acids is 5. The third kappa shape index (κ3) is 11.7. The molecule has 4 amide bonds. The topological polar surface area (TPSA) is 166 Å². The molecule has 4 N–H and O–H groups in total. The van der Waals surface area contributed by atoms with Crippen molar-refractivity contribution in [1.29, 1.82) is 0 Å². The van der Waals surface area contributed by atoms with Gasteiger partial charge in [0.05, 0.1) is 17.0 Å². The largest absolute Gasteiger partial charge is 0.383 e. The zero-order valence-corrected chi connectivity index (χ0v) is 32.3. The molecule has 54 heavy (non-hydrogen) atoms. The maximum absolute atomic E-state index is 12.6. The maximum atomic E-state index is 12.6. The number of ketones is 1. The minimum Gasteiger partial charge on any atom is -0.383 e. The molecule has 0 bridgehead atoms. The van der Waals surface area contributed by atoms with Crippen molar-refractivity contribution in [3.63, 3.8) is 0 Å². The van der Waals surface area contributed by atoms with E-state index in [2.05, 4.69) is 41.0 Å². The van der Waals surface area contributed by atoms with E-state index in [1.165, 1.54) is 30.8 Å². The van der Waals surface area contributed by atoms with Gasteiger partial charge in [-0.3, -0.25) is 34.4 Å². The molecule has 1 aliphatic carbocycles. The van der Waals surface area contributed by atoms with E-state index in [0.717, 1.165) is 70.4 Å². The summed E-state index contributed by atoms with van der Waals surface area (Å²) in [5.74, 6) is -0.288. The van der Waals surface area contributed by atoms with Crippen LogP contribution in [0.25, 0.3) is 5.70 Å². The lowest BCUT2D eigenvalue weighted by Crippen LogP contribution is -2.47. The minimum atomic E-state index is -0.372. The highest BCUT2D eigenvalue weighted by Gasteiger charge is 2.26. The molecule has 2 aliphatic heterocycles. The Morgan fingerprint density at radius 1 is 0.963 bits per heavy atom. The summed E-state index contributed by atoms with van der Waals surface area (Å²) in [6.45, 7) is 12.4. The van der Waals surface area contributed by atoms with E-state index in [9.17, 15) is 24.0 Å². The van der Waals surface area contributed by atoms with Crippen LogP contribution in [-0.4, -0.2) is 89.0 Å². The summed E-state index contributed by atoms with van der Waals surface area (Å²) in [4.78, 5) is 71.0. The van der Waals surface area contributed by atoms with Gasteiger partial charge in [-0.1, -0.05) is 44.5 Å². The summed E-state index contributed by atoms with van der Waals surface area (Å²) in [6, 6.07) is 11.9. The van der Waals surface area contributed by atoms with E-state index in [1.807, 2.05) is 32.9 Å². The average molecular weight is 759 g/mol. The summed E-state index contributed by atoms with van der Waals surface area (Å²) in [7, 11) is 0. The molecule has 3 aromatic rings. The number of halogens is 1. The fraction of sp³-hybridized carbons (Fsp3) is 0.425. The molecule has 6 rings (SSSR count). The Bertz CT molecular complexity index is 1820. The Balaban J connectivity index is 0.000000465. The third-order valence-electron chi connectivity index (χ3n) is 9.39. The van der Waals surface area contributed by atoms with Gasteiger partial charge >= 0.3 is 6.03 Å². The number of piperidine rings is 1. The molecular formula is C40H51ClN8O5. The van der Waals surface area contributed by atoms with Gasteiger partial charge in [-0.25, -0.2) is 9.78 Å². The summed E-state index contributed by atoms with van der Waals surface area (Å²) in [5, 5.41) is 11.6. The number of imide groups is 1. The van der Waals surface area contributed by atoms with Crippen LogP contribution in [0.5, 0.6) is 0 Å². The number of urea groups is 1. The number of hydrogen-bond acceptors (Lipinski definition) is 10. The number of carbonyl (C=O) groups is 5. The summed E-state index contributed by atoms with van der Waals surface area (Å²) in [6.07, 6.45) is 9.33. The Morgan fingerprint density at radius 2 is 1.65 bits per heavy atom. The number of allylic oxidation sites excluding steroid dienone is 1. The van der Waals surface area contributed by atoms with Crippen molar-refractivity contribution in [1.82, 2.24) is 25.1 Å². The Morgan fingerprint density at radius 3 is 2.24 bits per heavy atom. The second-order valence-electron chi connectivity index (χ2n) is 12.9. The van der Waals surface area contributed by atoms with E-state index in [-0.39, 0.29) is 29.5 Å². The van der Waals surface area contributed by atoms with Gasteiger partial charge in [0.1, 0.15) is 5.15 Å². The first kappa shape index (κ1) is 41.6. The second kappa shape index (κ2) is 20.9. The molecule has 4 heterocycles. The molecule has 3 aliphatic rings. The number of hydrogen-bond donors (Lipinski definition) is 4. The van der Waals surface area contributed by atoms with E-state index in [0.29, 0.717) is 46.3 Å². The van der Waals surface area contributed by atoms with Crippen LogP contribution in [0.15, 0.2) is 60.4 Å². The highest BCUT2D eigenvalue weighted by molar-refractivity contribution is 6.29. The zero-order chi connectivity index (χ0) is 39.0. The van der Waals surface area contributed by atoms with E-state index in [4.69, 9.17) is 11.6 Å². The van der Waals surface area contributed by atoms with Gasteiger partial charge in [-0.2, -0.15) is 0 Å². The Kier molecular flexibility index (Phi) is 16.1. The first-order valence-corrected chi connectivity index (χ1v) is 19.0. The summed E-state index contributed by atoms with van der Waals surface area (Å²) < 4.78 is 0.